The van der Waals surface area contributed by atoms with Gasteiger partial charge in [-0.3, -0.25) is 0 Å². The summed E-state index contributed by atoms with van der Waals surface area (Å²) in [6.45, 7) is 0. The highest BCUT2D eigenvalue weighted by Gasteiger charge is 2.14. The highest BCUT2D eigenvalue weighted by molar-refractivity contribution is 7.24. The predicted octanol–water partition coefficient (Wildman–Crippen LogP) is 0.0419. The second-order valence-corrected chi connectivity index (χ2v) is 6.39. The fourth-order valence-electron chi connectivity index (χ4n) is 2.16. The van der Waals surface area contributed by atoms with Gasteiger partial charge in [0, 0.05) is 51.7 Å². The van der Waals surface area contributed by atoms with Crippen molar-refractivity contribution in [3.63, 3.8) is 0 Å². The molecular weight excluding hydrogens is 318 g/mol. The smallest absolute Gasteiger partial charge is 0.259 e. The van der Waals surface area contributed by atoms with Crippen LogP contribution in [0.5, 0.6) is 0 Å². The largest absolute Gasteiger partial charge is 1.00 e. The van der Waals surface area contributed by atoms with Gasteiger partial charge < -0.3 is 27.7 Å². The topological polar surface area (TPSA) is 50.9 Å². The molecule has 3 aromatic rings. The normalized spacial score (nSPS) is 10.0. The van der Waals surface area contributed by atoms with E-state index in [-0.39, 0.29) is 17.9 Å². The van der Waals surface area contributed by atoms with E-state index in [0.717, 1.165) is 11.0 Å². The highest BCUT2D eigenvalue weighted by Crippen LogP contribution is 2.30. The highest BCUT2D eigenvalue weighted by atomic mass is 35.5. The minimum atomic E-state index is 0. The molecule has 0 atom stereocenters. The Hall–Kier alpha value is -1.69. The fraction of sp³-hybridized carbons (Fsp3) is 0.250. The molecule has 0 aliphatic heterocycles. The lowest BCUT2D eigenvalue weighted by atomic mass is 10.2. The summed E-state index contributed by atoms with van der Waals surface area (Å²) >= 11 is 1.80. The zero-order chi connectivity index (χ0) is 14.3. The molecule has 6 heteroatoms. The summed E-state index contributed by atoms with van der Waals surface area (Å²) in [6, 6.07) is 12.8. The van der Waals surface area contributed by atoms with Crippen molar-refractivity contribution in [2.75, 3.05) is 38.0 Å². The van der Waals surface area contributed by atoms with E-state index in [1.54, 1.807) is 11.3 Å². The SMILES string of the molecule is CN(C)c1ccc2nc3ccc(N(C)C)cc3[s+]c2c1.O.[Cl-]. The van der Waals surface area contributed by atoms with Crippen molar-refractivity contribution in [3.05, 3.63) is 36.4 Å². The average molecular weight is 338 g/mol. The monoisotopic (exact) mass is 337 g/mol. The van der Waals surface area contributed by atoms with Gasteiger partial charge in [-0.1, -0.05) is 0 Å². The Kier molecular flexibility index (Phi) is 5.88. The van der Waals surface area contributed by atoms with Gasteiger partial charge in [0.2, 0.25) is 11.3 Å². The molecule has 1 heterocycles. The van der Waals surface area contributed by atoms with Crippen molar-refractivity contribution in [1.82, 2.24) is 4.98 Å². The van der Waals surface area contributed by atoms with E-state index in [0.29, 0.717) is 0 Å². The Morgan fingerprint density at radius 2 is 1.18 bits per heavy atom. The van der Waals surface area contributed by atoms with Gasteiger partial charge in [-0.15, -0.1) is 0 Å². The molecule has 0 radical (unpaired) electrons. The van der Waals surface area contributed by atoms with Crippen LogP contribution >= 0.6 is 11.3 Å². The van der Waals surface area contributed by atoms with Crippen molar-refractivity contribution in [2.24, 2.45) is 0 Å². The number of anilines is 2. The predicted molar refractivity (Wildman–Crippen MR) is 93.8 cm³/mol. The van der Waals surface area contributed by atoms with Gasteiger partial charge in [0.15, 0.2) is 0 Å². The number of rotatable bonds is 2. The number of nitrogens with zero attached hydrogens (tertiary/aromatic N) is 3. The van der Waals surface area contributed by atoms with E-state index in [9.17, 15) is 0 Å². The van der Waals surface area contributed by atoms with Crippen molar-refractivity contribution in [2.45, 2.75) is 0 Å². The van der Waals surface area contributed by atoms with Crippen LogP contribution in [0, 0.1) is 0 Å². The van der Waals surface area contributed by atoms with Crippen molar-refractivity contribution in [3.8, 4) is 0 Å². The van der Waals surface area contributed by atoms with Crippen LogP contribution in [-0.4, -0.2) is 38.7 Å². The summed E-state index contributed by atoms with van der Waals surface area (Å²) < 4.78 is 2.44. The number of halogens is 1. The number of aromatic nitrogens is 1. The molecule has 2 aromatic carbocycles. The molecule has 22 heavy (non-hydrogen) atoms. The third-order valence-electron chi connectivity index (χ3n) is 3.38. The van der Waals surface area contributed by atoms with Crippen LogP contribution in [0.4, 0.5) is 11.4 Å². The third kappa shape index (κ3) is 3.38. The maximum Gasteiger partial charge on any atom is 0.259 e. The first-order valence-electron chi connectivity index (χ1n) is 6.57. The zero-order valence-electron chi connectivity index (χ0n) is 13.1. The summed E-state index contributed by atoms with van der Waals surface area (Å²) in [5, 5.41) is 0. The number of fused-ring (bicyclic) bond motifs is 2. The van der Waals surface area contributed by atoms with Crippen molar-refractivity contribution < 1.29 is 17.9 Å². The second kappa shape index (κ2) is 7.05. The molecule has 118 valence electrons. The standard InChI is InChI=1S/C16H18N3S.ClH.H2O/c1-18(2)11-5-7-13-15(9-11)20-16-10-12(19(3)4)6-8-14(16)17-13;;/h5-10H,1-4H3;1H;1H2/q+1;;/p-1. The molecule has 0 saturated heterocycles. The van der Waals surface area contributed by atoms with Crippen LogP contribution in [0.3, 0.4) is 0 Å². The molecule has 0 aliphatic carbocycles. The molecule has 0 aliphatic rings. The van der Waals surface area contributed by atoms with Gasteiger partial charge in [0.1, 0.15) is 11.0 Å². The summed E-state index contributed by atoms with van der Waals surface area (Å²) in [5.74, 6) is 0. The van der Waals surface area contributed by atoms with Crippen LogP contribution < -0.4 is 22.2 Å². The molecule has 1 aromatic heterocycles. The van der Waals surface area contributed by atoms with Gasteiger partial charge >= 0.3 is 0 Å². The first kappa shape index (κ1) is 18.4. The Balaban J connectivity index is 0.00000121. The average Bonchev–Trinajstić information content (AvgIpc) is 2.43. The summed E-state index contributed by atoms with van der Waals surface area (Å²) in [7, 11) is 8.24. The summed E-state index contributed by atoms with van der Waals surface area (Å²) in [4.78, 5) is 8.99. The maximum absolute atomic E-state index is 4.75. The molecule has 0 spiro atoms. The molecule has 3 rings (SSSR count). The van der Waals surface area contributed by atoms with Gasteiger partial charge in [0.25, 0.3) is 9.40 Å². The first-order chi connectivity index (χ1) is 9.54. The van der Waals surface area contributed by atoms with Crippen LogP contribution in [-0.2, 0) is 0 Å². The number of hydrogen-bond donors (Lipinski definition) is 0. The number of hydrogen-bond acceptors (Lipinski definition) is 3. The maximum atomic E-state index is 4.75. The Morgan fingerprint density at radius 3 is 1.55 bits per heavy atom. The summed E-state index contributed by atoms with van der Waals surface area (Å²) in [5.41, 5.74) is 4.54. The molecular formula is C16H20ClN3OS. The van der Waals surface area contributed by atoms with E-state index < -0.39 is 0 Å². The van der Waals surface area contributed by atoms with Crippen LogP contribution in [0.2, 0.25) is 0 Å². The quantitative estimate of drug-likeness (QED) is 0.490. The lowest BCUT2D eigenvalue weighted by Gasteiger charge is -2.11. The Bertz CT molecular complexity index is 730. The van der Waals surface area contributed by atoms with E-state index >= 15 is 0 Å². The number of benzene rings is 2. The molecule has 0 saturated carbocycles. The lowest BCUT2D eigenvalue weighted by molar-refractivity contribution is -0.00000526. The fourth-order valence-corrected chi connectivity index (χ4v) is 3.19. The molecule has 0 fully saturated rings. The minimum Gasteiger partial charge on any atom is -1.00 e. The Morgan fingerprint density at radius 1 is 0.773 bits per heavy atom. The van der Waals surface area contributed by atoms with Crippen molar-refractivity contribution in [1.29, 1.82) is 0 Å². The Labute approximate surface area is 140 Å². The van der Waals surface area contributed by atoms with Gasteiger partial charge in [-0.05, 0) is 24.3 Å². The first-order valence-corrected chi connectivity index (χ1v) is 7.38. The van der Waals surface area contributed by atoms with Gasteiger partial charge in [0.05, 0.1) is 0 Å². The van der Waals surface area contributed by atoms with Crippen molar-refractivity contribution >= 4 is 43.1 Å². The van der Waals surface area contributed by atoms with E-state index in [4.69, 9.17) is 4.98 Å². The molecule has 2 N–H and O–H groups in total. The molecule has 0 amide bonds. The second-order valence-electron chi connectivity index (χ2n) is 5.31. The molecule has 0 unspecified atom stereocenters. The third-order valence-corrected chi connectivity index (χ3v) is 4.47. The van der Waals surface area contributed by atoms with Gasteiger partial charge in [-0.2, -0.15) is 0 Å². The van der Waals surface area contributed by atoms with E-state index in [2.05, 4.69) is 74.4 Å². The zero-order valence-corrected chi connectivity index (χ0v) is 14.7. The summed E-state index contributed by atoms with van der Waals surface area (Å²) in [6.07, 6.45) is 0. The van der Waals surface area contributed by atoms with Gasteiger partial charge in [-0.25, -0.2) is 4.98 Å². The molecule has 0 bridgehead atoms. The van der Waals surface area contributed by atoms with Crippen LogP contribution in [0.15, 0.2) is 36.4 Å². The molecule has 4 nitrogen and oxygen atoms in total. The van der Waals surface area contributed by atoms with Crippen LogP contribution in [0.25, 0.3) is 20.4 Å². The van der Waals surface area contributed by atoms with Crippen LogP contribution in [0.1, 0.15) is 0 Å². The van der Waals surface area contributed by atoms with E-state index in [1.807, 2.05) is 0 Å². The lowest BCUT2D eigenvalue weighted by Crippen LogP contribution is -3.00. The minimum absolute atomic E-state index is 0. The van der Waals surface area contributed by atoms with E-state index in [1.165, 1.54) is 20.8 Å².